The smallest absolute Gasteiger partial charge is 0.313 e. The minimum absolute atomic E-state index is 0.0343. The summed E-state index contributed by atoms with van der Waals surface area (Å²) >= 11 is 0. The van der Waals surface area contributed by atoms with E-state index in [1.54, 1.807) is 6.07 Å². The molecule has 2 aromatic rings. The number of aryl methyl sites for hydroxylation is 1. The molecule has 0 saturated carbocycles. The van der Waals surface area contributed by atoms with Gasteiger partial charge in [0.25, 0.3) is 0 Å². The normalized spacial score (nSPS) is 12.9. The van der Waals surface area contributed by atoms with Crippen molar-refractivity contribution in [2.75, 3.05) is 11.9 Å². The van der Waals surface area contributed by atoms with Crippen molar-refractivity contribution in [3.05, 3.63) is 30.5 Å². The zero-order valence-electron chi connectivity index (χ0n) is 13.9. The zero-order chi connectivity index (χ0) is 17.2. The predicted octanol–water partition coefficient (Wildman–Crippen LogP) is 1.64. The van der Waals surface area contributed by atoms with Crippen LogP contribution in [0.5, 0.6) is 0 Å². The summed E-state index contributed by atoms with van der Waals surface area (Å²) in [6.07, 6.45) is 1.20. The molecule has 0 radical (unpaired) electrons. The van der Waals surface area contributed by atoms with Crippen molar-refractivity contribution in [2.45, 2.75) is 26.9 Å². The third kappa shape index (κ3) is 4.10. The van der Waals surface area contributed by atoms with Gasteiger partial charge in [0, 0.05) is 31.0 Å². The number of amides is 2. The molecular weight excluding hydrogens is 294 g/mol. The van der Waals surface area contributed by atoms with Crippen LogP contribution in [0.4, 0.5) is 5.69 Å². The van der Waals surface area contributed by atoms with E-state index in [1.165, 1.54) is 0 Å². The van der Waals surface area contributed by atoms with Gasteiger partial charge in [0.2, 0.25) is 0 Å². The Morgan fingerprint density at radius 3 is 2.57 bits per heavy atom. The molecule has 0 saturated heterocycles. The van der Waals surface area contributed by atoms with Gasteiger partial charge in [-0.3, -0.25) is 9.59 Å². The molecule has 1 aromatic carbocycles. The summed E-state index contributed by atoms with van der Waals surface area (Å²) < 4.78 is 1.94. The maximum Gasteiger partial charge on any atom is 0.313 e. The Morgan fingerprint density at radius 2 is 1.91 bits per heavy atom. The van der Waals surface area contributed by atoms with Gasteiger partial charge in [-0.05, 0) is 29.0 Å². The molecule has 0 aliphatic heterocycles. The lowest BCUT2D eigenvalue weighted by atomic mass is 9.89. The van der Waals surface area contributed by atoms with Crippen molar-refractivity contribution in [2.24, 2.45) is 12.5 Å². The van der Waals surface area contributed by atoms with Gasteiger partial charge in [0.15, 0.2) is 0 Å². The first-order chi connectivity index (χ1) is 10.7. The van der Waals surface area contributed by atoms with Crippen LogP contribution in [0.25, 0.3) is 10.9 Å². The van der Waals surface area contributed by atoms with Gasteiger partial charge in [0.05, 0.1) is 6.10 Å². The number of carbonyl (C=O) groups is 2. The predicted molar refractivity (Wildman–Crippen MR) is 90.0 cm³/mol. The number of fused-ring (bicyclic) bond motifs is 1. The van der Waals surface area contributed by atoms with Crippen LogP contribution < -0.4 is 10.6 Å². The van der Waals surface area contributed by atoms with E-state index in [2.05, 4.69) is 10.6 Å². The molecule has 0 bridgehead atoms. The van der Waals surface area contributed by atoms with Gasteiger partial charge in [-0.2, -0.15) is 0 Å². The molecule has 1 heterocycles. The maximum atomic E-state index is 11.9. The Kier molecular flexibility index (Phi) is 4.75. The molecule has 3 N–H and O–H groups in total. The Morgan fingerprint density at radius 1 is 1.22 bits per heavy atom. The molecule has 1 atom stereocenters. The van der Waals surface area contributed by atoms with E-state index < -0.39 is 17.9 Å². The van der Waals surface area contributed by atoms with Gasteiger partial charge in [-0.1, -0.05) is 26.8 Å². The second kappa shape index (κ2) is 6.42. The molecule has 6 heteroatoms. The number of carbonyl (C=O) groups excluding carboxylic acids is 2. The number of hydrogen-bond donors (Lipinski definition) is 3. The Labute approximate surface area is 135 Å². The highest BCUT2D eigenvalue weighted by atomic mass is 16.3. The molecule has 0 fully saturated rings. The SMILES string of the molecule is Cn1ccc2ccc(NC(=O)C(=O)NCC(O)C(C)(C)C)cc21. The van der Waals surface area contributed by atoms with Crippen molar-refractivity contribution in [3.63, 3.8) is 0 Å². The summed E-state index contributed by atoms with van der Waals surface area (Å²) in [5, 5.41) is 16.0. The largest absolute Gasteiger partial charge is 0.391 e. The molecular formula is C17H23N3O3. The summed E-state index contributed by atoms with van der Waals surface area (Å²) in [7, 11) is 1.91. The van der Waals surface area contributed by atoms with E-state index in [9.17, 15) is 14.7 Å². The number of anilines is 1. The molecule has 2 amide bonds. The van der Waals surface area contributed by atoms with Crippen LogP contribution in [-0.2, 0) is 16.6 Å². The molecule has 124 valence electrons. The molecule has 0 aliphatic rings. The van der Waals surface area contributed by atoms with E-state index in [1.807, 2.05) is 56.8 Å². The van der Waals surface area contributed by atoms with Gasteiger partial charge >= 0.3 is 11.8 Å². The summed E-state index contributed by atoms with van der Waals surface area (Å²) in [6.45, 7) is 5.61. The van der Waals surface area contributed by atoms with Crippen LogP contribution >= 0.6 is 0 Å². The molecule has 1 unspecified atom stereocenters. The first-order valence-corrected chi connectivity index (χ1v) is 7.51. The topological polar surface area (TPSA) is 83.4 Å². The monoisotopic (exact) mass is 317 g/mol. The second-order valence-corrected chi connectivity index (χ2v) is 6.75. The number of aromatic nitrogens is 1. The molecule has 6 nitrogen and oxygen atoms in total. The fourth-order valence-electron chi connectivity index (χ4n) is 2.10. The van der Waals surface area contributed by atoms with Crippen LogP contribution in [0.2, 0.25) is 0 Å². The van der Waals surface area contributed by atoms with Crippen LogP contribution in [0, 0.1) is 5.41 Å². The van der Waals surface area contributed by atoms with Crippen molar-refractivity contribution < 1.29 is 14.7 Å². The van der Waals surface area contributed by atoms with Gasteiger partial charge in [-0.25, -0.2) is 0 Å². The van der Waals surface area contributed by atoms with E-state index in [0.29, 0.717) is 5.69 Å². The summed E-state index contributed by atoms with van der Waals surface area (Å²) in [4.78, 5) is 23.7. The Bertz CT molecular complexity index is 728. The maximum absolute atomic E-state index is 11.9. The standard InChI is InChI=1S/C17H23N3O3/c1-17(2,3)14(21)10-18-15(22)16(23)19-12-6-5-11-7-8-20(4)13(11)9-12/h5-9,14,21H,10H2,1-4H3,(H,18,22)(H,19,23). The lowest BCUT2D eigenvalue weighted by Gasteiger charge is -2.25. The molecule has 1 aromatic heterocycles. The van der Waals surface area contributed by atoms with Gasteiger partial charge in [0.1, 0.15) is 0 Å². The Hall–Kier alpha value is -2.34. The second-order valence-electron chi connectivity index (χ2n) is 6.75. The van der Waals surface area contributed by atoms with E-state index >= 15 is 0 Å². The third-order valence-corrected chi connectivity index (χ3v) is 3.81. The number of hydrogen-bond acceptors (Lipinski definition) is 3. The van der Waals surface area contributed by atoms with Crippen molar-refractivity contribution in [1.82, 2.24) is 9.88 Å². The quantitative estimate of drug-likeness (QED) is 0.753. The number of aliphatic hydroxyl groups is 1. The lowest BCUT2D eigenvalue weighted by Crippen LogP contribution is -2.43. The van der Waals surface area contributed by atoms with Crippen LogP contribution in [0.3, 0.4) is 0 Å². The summed E-state index contributed by atoms with van der Waals surface area (Å²) in [6, 6.07) is 7.41. The van der Waals surface area contributed by atoms with Crippen molar-refractivity contribution in [3.8, 4) is 0 Å². The van der Waals surface area contributed by atoms with Crippen molar-refractivity contribution >= 4 is 28.4 Å². The Balaban J connectivity index is 1.97. The number of rotatable bonds is 3. The molecule has 23 heavy (non-hydrogen) atoms. The first kappa shape index (κ1) is 17.0. The van der Waals surface area contributed by atoms with Crippen LogP contribution in [-0.4, -0.2) is 34.1 Å². The number of nitrogens with one attached hydrogen (secondary N) is 2. The fourth-order valence-corrected chi connectivity index (χ4v) is 2.10. The van der Waals surface area contributed by atoms with Crippen LogP contribution in [0.15, 0.2) is 30.5 Å². The van der Waals surface area contributed by atoms with Gasteiger partial charge < -0.3 is 20.3 Å². The molecule has 2 rings (SSSR count). The summed E-state index contributed by atoms with van der Waals surface area (Å²) in [5.74, 6) is -1.51. The van der Waals surface area contributed by atoms with Crippen molar-refractivity contribution in [1.29, 1.82) is 0 Å². The van der Waals surface area contributed by atoms with E-state index in [-0.39, 0.29) is 12.0 Å². The highest BCUT2D eigenvalue weighted by Crippen LogP contribution is 2.20. The zero-order valence-corrected chi connectivity index (χ0v) is 13.9. The first-order valence-electron chi connectivity index (χ1n) is 7.51. The van der Waals surface area contributed by atoms with E-state index in [0.717, 1.165) is 10.9 Å². The third-order valence-electron chi connectivity index (χ3n) is 3.81. The summed E-state index contributed by atoms with van der Waals surface area (Å²) in [5.41, 5.74) is 1.16. The highest BCUT2D eigenvalue weighted by molar-refractivity contribution is 6.39. The van der Waals surface area contributed by atoms with Gasteiger partial charge in [-0.15, -0.1) is 0 Å². The molecule has 0 aliphatic carbocycles. The number of nitrogens with zero attached hydrogens (tertiary/aromatic N) is 1. The number of aliphatic hydroxyl groups excluding tert-OH is 1. The molecule has 0 spiro atoms. The van der Waals surface area contributed by atoms with E-state index in [4.69, 9.17) is 0 Å². The number of benzene rings is 1. The lowest BCUT2D eigenvalue weighted by molar-refractivity contribution is -0.136. The highest BCUT2D eigenvalue weighted by Gasteiger charge is 2.23. The average Bonchev–Trinajstić information content (AvgIpc) is 2.84. The minimum Gasteiger partial charge on any atom is -0.391 e. The minimum atomic E-state index is -0.764. The fraction of sp³-hybridized carbons (Fsp3) is 0.412. The van der Waals surface area contributed by atoms with Crippen LogP contribution in [0.1, 0.15) is 20.8 Å². The average molecular weight is 317 g/mol.